The third-order valence-corrected chi connectivity index (χ3v) is 6.48. The summed E-state index contributed by atoms with van der Waals surface area (Å²) >= 11 is 6.37. The van der Waals surface area contributed by atoms with Crippen LogP contribution in [0.5, 0.6) is 0 Å². The van der Waals surface area contributed by atoms with Crippen LogP contribution in [0.3, 0.4) is 0 Å². The number of carbonyl (C=O) groups excluding carboxylic acids is 1. The van der Waals surface area contributed by atoms with Gasteiger partial charge in [-0.1, -0.05) is 72.3 Å². The number of fused-ring (bicyclic) bond motifs is 3. The van der Waals surface area contributed by atoms with Crippen molar-refractivity contribution in [2.24, 2.45) is 0 Å². The fraction of sp³-hybridized carbons (Fsp3) is 0.185. The molecule has 0 fully saturated rings. The molecule has 0 bridgehead atoms. The Balaban J connectivity index is 1.47. The van der Waals surface area contributed by atoms with E-state index in [0.717, 1.165) is 11.1 Å². The lowest BCUT2D eigenvalue weighted by Gasteiger charge is -2.14. The largest absolute Gasteiger partial charge is 0.350 e. The van der Waals surface area contributed by atoms with E-state index < -0.39 is 0 Å². The molecule has 35 heavy (non-hydrogen) atoms. The van der Waals surface area contributed by atoms with E-state index in [0.29, 0.717) is 33.9 Å². The van der Waals surface area contributed by atoms with Gasteiger partial charge in [0.25, 0.3) is 5.56 Å². The van der Waals surface area contributed by atoms with Crippen LogP contribution in [-0.2, 0) is 17.8 Å². The normalized spacial score (nSPS) is 12.2. The molecule has 2 heterocycles. The summed E-state index contributed by atoms with van der Waals surface area (Å²) in [5, 5.41) is 12.9. The second kappa shape index (κ2) is 9.72. The monoisotopic (exact) mass is 485 g/mol. The van der Waals surface area contributed by atoms with Crippen molar-refractivity contribution in [3.63, 3.8) is 0 Å². The molecule has 2 aromatic heterocycles. The van der Waals surface area contributed by atoms with Gasteiger partial charge in [0.05, 0.1) is 23.5 Å². The van der Waals surface area contributed by atoms with E-state index in [1.807, 2.05) is 78.1 Å². The number of nitrogens with zero attached hydrogens (tertiary/aromatic N) is 4. The Morgan fingerprint density at radius 2 is 1.69 bits per heavy atom. The maximum atomic E-state index is 13.4. The molecule has 1 atom stereocenters. The molecular weight excluding hydrogens is 462 g/mol. The molecule has 0 spiro atoms. The van der Waals surface area contributed by atoms with Gasteiger partial charge in [0.1, 0.15) is 5.82 Å². The van der Waals surface area contributed by atoms with Crippen molar-refractivity contribution in [2.45, 2.75) is 32.4 Å². The molecule has 0 aliphatic rings. The molecule has 3 aromatic carbocycles. The van der Waals surface area contributed by atoms with Gasteiger partial charge in [0.15, 0.2) is 0 Å². The molecule has 5 rings (SSSR count). The van der Waals surface area contributed by atoms with Crippen molar-refractivity contribution < 1.29 is 4.79 Å². The molecule has 0 aliphatic heterocycles. The number of aromatic nitrogens is 4. The van der Waals surface area contributed by atoms with Crippen LogP contribution in [0.15, 0.2) is 83.7 Å². The lowest BCUT2D eigenvalue weighted by Crippen LogP contribution is -2.27. The Hall–Kier alpha value is -3.97. The van der Waals surface area contributed by atoms with E-state index in [1.54, 1.807) is 16.7 Å². The second-order valence-electron chi connectivity index (χ2n) is 8.45. The van der Waals surface area contributed by atoms with Gasteiger partial charge in [-0.25, -0.2) is 0 Å². The summed E-state index contributed by atoms with van der Waals surface area (Å²) in [5.74, 6) is 0.958. The number of para-hydroxylation sites is 1. The summed E-state index contributed by atoms with van der Waals surface area (Å²) in [6.07, 6.45) is 0.624. The number of rotatable bonds is 7. The molecule has 8 heteroatoms. The molecule has 0 aliphatic carbocycles. The zero-order valence-corrected chi connectivity index (χ0v) is 19.9. The van der Waals surface area contributed by atoms with Gasteiger partial charge in [-0.3, -0.25) is 18.6 Å². The maximum Gasteiger partial charge on any atom is 0.263 e. The zero-order chi connectivity index (χ0) is 24.4. The van der Waals surface area contributed by atoms with Crippen molar-refractivity contribution >= 4 is 34.2 Å². The van der Waals surface area contributed by atoms with E-state index in [9.17, 15) is 9.59 Å². The van der Waals surface area contributed by atoms with Crippen molar-refractivity contribution in [3.8, 4) is 0 Å². The number of hydrogen-bond acceptors (Lipinski definition) is 4. The van der Waals surface area contributed by atoms with Crippen LogP contribution in [0.4, 0.5) is 0 Å². The molecule has 7 nitrogen and oxygen atoms in total. The quantitative estimate of drug-likeness (QED) is 0.366. The van der Waals surface area contributed by atoms with Gasteiger partial charge in [-0.15, -0.1) is 10.2 Å². The smallest absolute Gasteiger partial charge is 0.263 e. The van der Waals surface area contributed by atoms with Crippen molar-refractivity contribution in [3.05, 3.63) is 111 Å². The molecule has 1 N–H and O–H groups in total. The maximum absolute atomic E-state index is 13.4. The Kier molecular flexibility index (Phi) is 6.33. The fourth-order valence-electron chi connectivity index (χ4n) is 4.28. The first-order valence-electron chi connectivity index (χ1n) is 11.5. The topological polar surface area (TPSA) is 81.3 Å². The highest BCUT2D eigenvalue weighted by molar-refractivity contribution is 6.31. The van der Waals surface area contributed by atoms with Crippen molar-refractivity contribution in [1.29, 1.82) is 0 Å². The predicted molar refractivity (Wildman–Crippen MR) is 137 cm³/mol. The SMILES string of the molecule is CC(NC(=O)CCc1nnc2n(Cc3ccccc3Cl)c(=O)c3ccccc3n12)c1ccccc1. The highest BCUT2D eigenvalue weighted by atomic mass is 35.5. The number of benzene rings is 3. The standard InChI is InChI=1S/C27H24ClN5O2/c1-18(19-9-3-2-4-10-19)29-25(34)16-15-24-30-31-27-32(17-20-11-5-7-13-22(20)28)26(35)21-12-6-8-14-23(21)33(24)27/h2-14,18H,15-17H2,1H3,(H,29,34). The van der Waals surface area contributed by atoms with Crippen LogP contribution in [-0.4, -0.2) is 25.1 Å². The number of nitrogens with one attached hydrogen (secondary N) is 1. The summed E-state index contributed by atoms with van der Waals surface area (Å²) in [7, 11) is 0. The molecule has 0 saturated heterocycles. The first-order valence-corrected chi connectivity index (χ1v) is 11.8. The number of amides is 1. The van der Waals surface area contributed by atoms with Gasteiger partial charge < -0.3 is 5.32 Å². The van der Waals surface area contributed by atoms with Gasteiger partial charge in [0.2, 0.25) is 11.7 Å². The highest BCUT2D eigenvalue weighted by Gasteiger charge is 2.18. The average Bonchev–Trinajstić information content (AvgIpc) is 3.31. The van der Waals surface area contributed by atoms with Crippen LogP contribution in [0.25, 0.3) is 16.7 Å². The van der Waals surface area contributed by atoms with Crippen molar-refractivity contribution in [2.75, 3.05) is 0 Å². The Morgan fingerprint density at radius 1 is 0.971 bits per heavy atom. The van der Waals surface area contributed by atoms with Crippen LogP contribution < -0.4 is 10.9 Å². The molecule has 0 radical (unpaired) electrons. The van der Waals surface area contributed by atoms with E-state index in [-0.39, 0.29) is 30.5 Å². The zero-order valence-electron chi connectivity index (χ0n) is 19.2. The summed E-state index contributed by atoms with van der Waals surface area (Å²) in [5.41, 5.74) is 2.40. The summed E-state index contributed by atoms with van der Waals surface area (Å²) in [4.78, 5) is 26.0. The lowest BCUT2D eigenvalue weighted by molar-refractivity contribution is -0.121. The Labute approximate surface area is 207 Å². The minimum Gasteiger partial charge on any atom is -0.350 e. The van der Waals surface area contributed by atoms with E-state index in [1.165, 1.54) is 0 Å². The number of aryl methyl sites for hydroxylation is 1. The second-order valence-corrected chi connectivity index (χ2v) is 8.86. The molecule has 1 unspecified atom stereocenters. The first-order chi connectivity index (χ1) is 17.0. The van der Waals surface area contributed by atoms with E-state index >= 15 is 0 Å². The van der Waals surface area contributed by atoms with Crippen LogP contribution >= 0.6 is 11.6 Å². The fourth-order valence-corrected chi connectivity index (χ4v) is 4.48. The Bertz CT molecular complexity index is 1580. The Morgan fingerprint density at radius 3 is 2.49 bits per heavy atom. The first kappa shape index (κ1) is 22.8. The van der Waals surface area contributed by atoms with Gasteiger partial charge in [0, 0.05) is 17.9 Å². The van der Waals surface area contributed by atoms with Crippen molar-refractivity contribution in [1.82, 2.24) is 24.5 Å². The number of hydrogen-bond donors (Lipinski definition) is 1. The number of halogens is 1. The third-order valence-electron chi connectivity index (χ3n) is 6.11. The molecule has 176 valence electrons. The average molecular weight is 486 g/mol. The van der Waals surface area contributed by atoms with Crippen LogP contribution in [0.2, 0.25) is 5.02 Å². The summed E-state index contributed by atoms with van der Waals surface area (Å²) in [6, 6.07) is 24.5. The highest BCUT2D eigenvalue weighted by Crippen LogP contribution is 2.20. The predicted octanol–water partition coefficient (Wildman–Crippen LogP) is 4.56. The van der Waals surface area contributed by atoms with E-state index in [2.05, 4.69) is 15.5 Å². The molecular formula is C27H24ClN5O2. The van der Waals surface area contributed by atoms with Crippen LogP contribution in [0.1, 0.15) is 36.3 Å². The molecule has 1 amide bonds. The lowest BCUT2D eigenvalue weighted by atomic mass is 10.1. The van der Waals surface area contributed by atoms with Crippen LogP contribution in [0, 0.1) is 0 Å². The van der Waals surface area contributed by atoms with Gasteiger partial charge in [-0.05, 0) is 36.2 Å². The molecule has 0 saturated carbocycles. The van der Waals surface area contributed by atoms with Gasteiger partial charge >= 0.3 is 0 Å². The number of carbonyl (C=O) groups is 1. The third kappa shape index (κ3) is 4.55. The van der Waals surface area contributed by atoms with Gasteiger partial charge in [-0.2, -0.15) is 0 Å². The minimum absolute atomic E-state index is 0.0770. The minimum atomic E-state index is -0.165. The van der Waals surface area contributed by atoms with E-state index in [4.69, 9.17) is 11.6 Å². The molecule has 5 aromatic rings. The summed E-state index contributed by atoms with van der Waals surface area (Å²) in [6.45, 7) is 2.22. The summed E-state index contributed by atoms with van der Waals surface area (Å²) < 4.78 is 3.44.